The van der Waals surface area contributed by atoms with Crippen LogP contribution in [0.1, 0.15) is 5.56 Å². The number of carbonyl (C=O) groups excluding carboxylic acids is 1. The first kappa shape index (κ1) is 16.0. The van der Waals surface area contributed by atoms with E-state index in [0.717, 1.165) is 18.7 Å². The maximum atomic E-state index is 12.5. The lowest BCUT2D eigenvalue weighted by Crippen LogP contribution is -2.45. The summed E-state index contributed by atoms with van der Waals surface area (Å²) in [6, 6.07) is 7.42. The molecule has 0 aliphatic carbocycles. The van der Waals surface area contributed by atoms with Gasteiger partial charge in [0.2, 0.25) is 0 Å². The molecule has 2 aliphatic rings. The lowest BCUT2D eigenvalue weighted by Gasteiger charge is -2.29. The third-order valence-electron chi connectivity index (χ3n) is 3.47. The number of thioether (sulfide) groups is 1. The highest BCUT2D eigenvalue weighted by Gasteiger charge is 2.33. The first-order chi connectivity index (χ1) is 10.6. The van der Waals surface area contributed by atoms with Crippen LogP contribution < -0.4 is 0 Å². The smallest absolute Gasteiger partial charge is 0.267 e. The lowest BCUT2D eigenvalue weighted by atomic mass is 10.2. The summed E-state index contributed by atoms with van der Waals surface area (Å²) in [5.41, 5.74) is 0.902. The highest BCUT2D eigenvalue weighted by atomic mass is 35.5. The van der Waals surface area contributed by atoms with Crippen LogP contribution in [0.25, 0.3) is 6.08 Å². The van der Waals surface area contributed by atoms with E-state index >= 15 is 0 Å². The molecule has 7 heteroatoms. The number of hydrogen-bond donors (Lipinski definition) is 0. The van der Waals surface area contributed by atoms with Gasteiger partial charge in [0.25, 0.3) is 5.91 Å². The molecule has 0 unspecified atom stereocenters. The van der Waals surface area contributed by atoms with E-state index in [2.05, 4.69) is 4.90 Å². The molecular formula is C15H15ClN2O2S2. The molecule has 0 spiro atoms. The molecular weight excluding hydrogens is 340 g/mol. The minimum atomic E-state index is -0.0403. The topological polar surface area (TPSA) is 32.8 Å². The Kier molecular flexibility index (Phi) is 5.15. The molecule has 0 saturated carbocycles. The van der Waals surface area contributed by atoms with Gasteiger partial charge in [-0.15, -0.1) is 0 Å². The summed E-state index contributed by atoms with van der Waals surface area (Å²) in [5, 5.41) is 0.651. The third-order valence-corrected chi connectivity index (χ3v) is 5.08. The summed E-state index contributed by atoms with van der Waals surface area (Å²) in [5.74, 6) is -0.0403. The van der Waals surface area contributed by atoms with Gasteiger partial charge in [0, 0.05) is 18.1 Å². The van der Waals surface area contributed by atoms with Gasteiger partial charge < -0.3 is 4.74 Å². The van der Waals surface area contributed by atoms with E-state index < -0.39 is 0 Å². The Hall–Kier alpha value is -0.920. The second kappa shape index (κ2) is 7.10. The summed E-state index contributed by atoms with van der Waals surface area (Å²) in [6.07, 6.45) is 1.84. The van der Waals surface area contributed by atoms with Crippen LogP contribution in [0, 0.1) is 0 Å². The van der Waals surface area contributed by atoms with Gasteiger partial charge in [0.15, 0.2) is 0 Å². The molecule has 0 N–H and O–H groups in total. The maximum Gasteiger partial charge on any atom is 0.267 e. The number of carbonyl (C=O) groups is 1. The molecule has 2 heterocycles. The minimum absolute atomic E-state index is 0.0403. The number of hydrogen-bond acceptors (Lipinski definition) is 5. The first-order valence-corrected chi connectivity index (χ1v) is 8.55. The molecule has 0 radical (unpaired) electrons. The zero-order chi connectivity index (χ0) is 15.5. The summed E-state index contributed by atoms with van der Waals surface area (Å²) >= 11 is 12.7. The van der Waals surface area contributed by atoms with E-state index in [4.69, 9.17) is 28.6 Å². The zero-order valence-electron chi connectivity index (χ0n) is 11.8. The molecule has 0 atom stereocenters. The van der Waals surface area contributed by atoms with Crippen LogP contribution >= 0.6 is 35.6 Å². The lowest BCUT2D eigenvalue weighted by molar-refractivity contribution is -0.124. The van der Waals surface area contributed by atoms with Crippen molar-refractivity contribution in [1.29, 1.82) is 0 Å². The van der Waals surface area contributed by atoms with Crippen LogP contribution in [-0.4, -0.2) is 53.0 Å². The molecule has 2 fully saturated rings. The fourth-order valence-electron chi connectivity index (χ4n) is 2.31. The van der Waals surface area contributed by atoms with Crippen LogP contribution in [0.15, 0.2) is 29.2 Å². The molecule has 2 saturated heterocycles. The first-order valence-electron chi connectivity index (χ1n) is 6.94. The number of ether oxygens (including phenoxy) is 1. The Bertz CT molecular complexity index is 630. The SMILES string of the molecule is O=C1/C(=C\c2cccc(Cl)c2)SC(=S)N1CN1CCOCC1. The minimum Gasteiger partial charge on any atom is -0.379 e. The molecule has 0 bridgehead atoms. The molecule has 22 heavy (non-hydrogen) atoms. The highest BCUT2D eigenvalue weighted by Crippen LogP contribution is 2.33. The van der Waals surface area contributed by atoms with Gasteiger partial charge in [0.1, 0.15) is 4.32 Å². The summed E-state index contributed by atoms with van der Waals surface area (Å²) < 4.78 is 5.92. The van der Waals surface area contributed by atoms with Crippen molar-refractivity contribution >= 4 is 51.9 Å². The number of rotatable bonds is 3. The van der Waals surface area contributed by atoms with Crippen LogP contribution in [0.4, 0.5) is 0 Å². The standard InChI is InChI=1S/C15H15ClN2O2S2/c16-12-3-1-2-11(8-12)9-13-14(19)18(15(21)22-13)10-17-4-6-20-7-5-17/h1-3,8-9H,4-7,10H2/b13-9+. The van der Waals surface area contributed by atoms with E-state index in [1.165, 1.54) is 11.8 Å². The molecule has 0 aromatic heterocycles. The van der Waals surface area contributed by atoms with Crippen molar-refractivity contribution in [2.75, 3.05) is 33.0 Å². The molecule has 116 valence electrons. The second-order valence-corrected chi connectivity index (χ2v) is 7.15. The van der Waals surface area contributed by atoms with Gasteiger partial charge in [-0.05, 0) is 23.8 Å². The van der Waals surface area contributed by atoms with Gasteiger partial charge >= 0.3 is 0 Å². The van der Waals surface area contributed by atoms with Gasteiger partial charge in [0.05, 0.1) is 24.8 Å². The molecule has 4 nitrogen and oxygen atoms in total. The quantitative estimate of drug-likeness (QED) is 0.615. The predicted octanol–water partition coefficient (Wildman–Crippen LogP) is 2.83. The molecule has 1 aromatic carbocycles. The van der Waals surface area contributed by atoms with Gasteiger partial charge in [-0.2, -0.15) is 0 Å². The second-order valence-electron chi connectivity index (χ2n) is 5.04. The number of amides is 1. The molecule has 1 aromatic rings. The van der Waals surface area contributed by atoms with Crippen LogP contribution in [0.3, 0.4) is 0 Å². The molecule has 2 aliphatic heterocycles. The van der Waals surface area contributed by atoms with Gasteiger partial charge in [-0.1, -0.05) is 47.7 Å². The van der Waals surface area contributed by atoms with Crippen LogP contribution in [0.2, 0.25) is 5.02 Å². The van der Waals surface area contributed by atoms with Crippen molar-refractivity contribution in [2.45, 2.75) is 0 Å². The zero-order valence-corrected chi connectivity index (χ0v) is 14.2. The van der Waals surface area contributed by atoms with Gasteiger partial charge in [-0.3, -0.25) is 14.6 Å². The fourth-order valence-corrected chi connectivity index (χ4v) is 3.75. The fraction of sp³-hybridized carbons (Fsp3) is 0.333. The number of benzene rings is 1. The summed E-state index contributed by atoms with van der Waals surface area (Å²) in [7, 11) is 0. The van der Waals surface area contributed by atoms with Crippen LogP contribution in [-0.2, 0) is 9.53 Å². The average Bonchev–Trinajstić information content (AvgIpc) is 2.76. The van der Waals surface area contributed by atoms with E-state index in [1.54, 1.807) is 4.90 Å². The van der Waals surface area contributed by atoms with Crippen molar-refractivity contribution in [2.24, 2.45) is 0 Å². The Morgan fingerprint density at radius 2 is 2.14 bits per heavy atom. The van der Waals surface area contributed by atoms with Gasteiger partial charge in [-0.25, -0.2) is 0 Å². The Morgan fingerprint density at radius 1 is 1.36 bits per heavy atom. The number of morpholine rings is 1. The number of nitrogens with zero attached hydrogens (tertiary/aromatic N) is 2. The largest absolute Gasteiger partial charge is 0.379 e. The number of thiocarbonyl (C=S) groups is 1. The number of halogens is 1. The van der Waals surface area contributed by atoms with Crippen molar-refractivity contribution in [3.05, 3.63) is 39.8 Å². The normalized spacial score (nSPS) is 21.9. The Balaban J connectivity index is 1.73. The van der Waals surface area contributed by atoms with Crippen molar-refractivity contribution in [3.8, 4) is 0 Å². The van der Waals surface area contributed by atoms with Crippen molar-refractivity contribution in [1.82, 2.24) is 9.80 Å². The maximum absolute atomic E-state index is 12.5. The Morgan fingerprint density at radius 3 is 2.86 bits per heavy atom. The van der Waals surface area contributed by atoms with Crippen LogP contribution in [0.5, 0.6) is 0 Å². The summed E-state index contributed by atoms with van der Waals surface area (Å²) in [6.45, 7) is 3.58. The summed E-state index contributed by atoms with van der Waals surface area (Å²) in [4.78, 5) is 17.0. The monoisotopic (exact) mass is 354 g/mol. The van der Waals surface area contributed by atoms with E-state index in [9.17, 15) is 4.79 Å². The molecule has 1 amide bonds. The highest BCUT2D eigenvalue weighted by molar-refractivity contribution is 8.26. The Labute approximate surface area is 144 Å². The average molecular weight is 355 g/mol. The van der Waals surface area contributed by atoms with E-state index in [0.29, 0.717) is 34.1 Å². The third kappa shape index (κ3) is 3.70. The molecule has 3 rings (SSSR count). The van der Waals surface area contributed by atoms with Crippen molar-refractivity contribution in [3.63, 3.8) is 0 Å². The van der Waals surface area contributed by atoms with E-state index in [1.807, 2.05) is 30.3 Å². The predicted molar refractivity (Wildman–Crippen MR) is 93.7 cm³/mol. The van der Waals surface area contributed by atoms with Crippen molar-refractivity contribution < 1.29 is 9.53 Å². The van der Waals surface area contributed by atoms with E-state index in [-0.39, 0.29) is 5.91 Å².